The summed E-state index contributed by atoms with van der Waals surface area (Å²) in [4.78, 5) is 24.6. The zero-order chi connectivity index (χ0) is 19.3. The predicted octanol–water partition coefficient (Wildman–Crippen LogP) is 3.51. The Bertz CT molecular complexity index is 1100. The van der Waals surface area contributed by atoms with Crippen molar-refractivity contribution in [1.82, 2.24) is 14.7 Å². The second kappa shape index (κ2) is 6.37. The third-order valence-electron chi connectivity index (χ3n) is 5.78. The first kappa shape index (κ1) is 16.8. The number of amides is 2. The van der Waals surface area contributed by atoms with Gasteiger partial charge in [-0.05, 0) is 41.5 Å². The van der Waals surface area contributed by atoms with Gasteiger partial charge in [0.05, 0.1) is 12.2 Å². The van der Waals surface area contributed by atoms with E-state index in [4.69, 9.17) is 5.11 Å². The molecule has 0 aliphatic carbocycles. The molecule has 0 saturated carbocycles. The van der Waals surface area contributed by atoms with Crippen LogP contribution in [0, 0.1) is 0 Å². The number of rotatable bonds is 3. The van der Waals surface area contributed by atoms with Gasteiger partial charge in [0.2, 0.25) is 0 Å². The first-order valence-electron chi connectivity index (χ1n) is 9.47. The van der Waals surface area contributed by atoms with Gasteiger partial charge in [0.15, 0.2) is 0 Å². The Balaban J connectivity index is 1.38. The lowest BCUT2D eigenvalue weighted by molar-refractivity contribution is 0.103. The van der Waals surface area contributed by atoms with Gasteiger partial charge in [-0.1, -0.05) is 18.2 Å². The zero-order valence-corrected chi connectivity index (χ0v) is 15.3. The fraction of sp³-hybridized carbons (Fsp3) is 0.286. The molecule has 2 N–H and O–H groups in total. The van der Waals surface area contributed by atoms with Crippen LogP contribution in [0.25, 0.3) is 10.8 Å². The van der Waals surface area contributed by atoms with E-state index < -0.39 is 6.09 Å². The number of anilines is 1. The summed E-state index contributed by atoms with van der Waals surface area (Å²) in [5.41, 5.74) is 3.88. The summed E-state index contributed by atoms with van der Waals surface area (Å²) >= 11 is 0. The summed E-state index contributed by atoms with van der Waals surface area (Å²) in [5, 5.41) is 18.6. The lowest BCUT2D eigenvalue weighted by atomic mass is 9.97. The zero-order valence-electron chi connectivity index (χ0n) is 15.3. The highest BCUT2D eigenvalue weighted by Crippen LogP contribution is 2.35. The number of benzene rings is 2. The fourth-order valence-corrected chi connectivity index (χ4v) is 4.31. The number of aromatic nitrogens is 2. The van der Waals surface area contributed by atoms with Gasteiger partial charge < -0.3 is 15.3 Å². The maximum absolute atomic E-state index is 12.1. The van der Waals surface area contributed by atoms with Crippen LogP contribution in [0.5, 0.6) is 0 Å². The van der Waals surface area contributed by atoms with E-state index in [9.17, 15) is 9.59 Å². The van der Waals surface area contributed by atoms with Crippen molar-refractivity contribution in [2.75, 3.05) is 18.4 Å². The van der Waals surface area contributed by atoms with E-state index in [2.05, 4.69) is 28.7 Å². The van der Waals surface area contributed by atoms with Gasteiger partial charge >= 0.3 is 6.09 Å². The third-order valence-corrected chi connectivity index (χ3v) is 5.78. The van der Waals surface area contributed by atoms with Crippen molar-refractivity contribution in [2.24, 2.45) is 0 Å². The maximum atomic E-state index is 12.1. The van der Waals surface area contributed by atoms with Crippen molar-refractivity contribution < 1.29 is 14.7 Å². The average molecular weight is 376 g/mol. The number of nitrogens with zero attached hydrogens (tertiary/aromatic N) is 3. The molecule has 142 valence electrons. The molecular formula is C21H20N4O3. The Kier molecular flexibility index (Phi) is 3.82. The molecule has 1 aromatic heterocycles. The highest BCUT2D eigenvalue weighted by Gasteiger charge is 2.25. The number of carbonyl (C=O) groups is 2. The summed E-state index contributed by atoms with van der Waals surface area (Å²) in [6.45, 7) is 1.09. The minimum atomic E-state index is -0.848. The van der Waals surface area contributed by atoms with E-state index in [1.807, 2.05) is 29.1 Å². The van der Waals surface area contributed by atoms with Crippen molar-refractivity contribution in [3.63, 3.8) is 0 Å². The van der Waals surface area contributed by atoms with Crippen LogP contribution in [0.4, 0.5) is 10.5 Å². The molecule has 2 aromatic carbocycles. The molecule has 0 radical (unpaired) electrons. The normalized spacial score (nSPS) is 16.6. The molecule has 28 heavy (non-hydrogen) atoms. The van der Waals surface area contributed by atoms with Gasteiger partial charge in [0.25, 0.3) is 5.91 Å². The number of carboxylic acid groups (broad SMARTS) is 1. The van der Waals surface area contributed by atoms with Crippen LogP contribution in [-0.4, -0.2) is 44.9 Å². The molecule has 2 aliphatic rings. The maximum Gasteiger partial charge on any atom is 0.407 e. The average Bonchev–Trinajstić information content (AvgIpc) is 3.30. The van der Waals surface area contributed by atoms with Crippen LogP contribution in [-0.2, 0) is 6.42 Å². The fourth-order valence-electron chi connectivity index (χ4n) is 4.31. The Morgan fingerprint density at radius 2 is 2.04 bits per heavy atom. The van der Waals surface area contributed by atoms with Crippen LogP contribution >= 0.6 is 0 Å². The van der Waals surface area contributed by atoms with Crippen LogP contribution in [0.15, 0.2) is 42.7 Å². The van der Waals surface area contributed by atoms with Gasteiger partial charge in [0, 0.05) is 42.3 Å². The van der Waals surface area contributed by atoms with Gasteiger partial charge in [-0.25, -0.2) is 4.79 Å². The summed E-state index contributed by atoms with van der Waals surface area (Å²) < 4.78 is 1.97. The summed E-state index contributed by atoms with van der Waals surface area (Å²) in [7, 11) is 0. The standard InChI is InChI=1S/C21H20N4O3/c26-20-17-3-1-2-16-14(4-5-18(23-20)19(16)17)10-13-11-22-25(12-13)15-6-8-24(9-7-15)21(27)28/h1-5,11-12,15H,6-10H2,(H,23,26)(H,27,28). The summed E-state index contributed by atoms with van der Waals surface area (Å²) in [6.07, 6.45) is 5.40. The molecule has 0 atom stereocenters. The number of nitrogens with one attached hydrogen (secondary N) is 1. The van der Waals surface area contributed by atoms with E-state index in [1.165, 1.54) is 4.90 Å². The molecule has 1 saturated heterocycles. The molecule has 7 nitrogen and oxygen atoms in total. The van der Waals surface area contributed by atoms with E-state index in [0.717, 1.165) is 52.4 Å². The van der Waals surface area contributed by atoms with Crippen molar-refractivity contribution >= 4 is 28.5 Å². The molecule has 3 aromatic rings. The quantitative estimate of drug-likeness (QED) is 0.732. The van der Waals surface area contributed by atoms with E-state index >= 15 is 0 Å². The predicted molar refractivity (Wildman–Crippen MR) is 105 cm³/mol. The van der Waals surface area contributed by atoms with Crippen LogP contribution in [0.1, 0.15) is 40.4 Å². The number of hydrogen-bond acceptors (Lipinski definition) is 3. The van der Waals surface area contributed by atoms with Crippen molar-refractivity contribution in [1.29, 1.82) is 0 Å². The second-order valence-electron chi connectivity index (χ2n) is 7.46. The minimum absolute atomic E-state index is 0.0433. The molecule has 5 rings (SSSR count). The number of likely N-dealkylation sites (tertiary alicyclic amines) is 1. The monoisotopic (exact) mass is 376 g/mol. The molecule has 0 bridgehead atoms. The number of hydrogen-bond donors (Lipinski definition) is 2. The highest BCUT2D eigenvalue weighted by molar-refractivity contribution is 6.24. The highest BCUT2D eigenvalue weighted by atomic mass is 16.4. The Labute approximate surface area is 161 Å². The first-order valence-corrected chi connectivity index (χ1v) is 9.47. The van der Waals surface area contributed by atoms with E-state index in [-0.39, 0.29) is 11.9 Å². The largest absolute Gasteiger partial charge is 0.465 e. The molecule has 2 aliphatic heterocycles. The van der Waals surface area contributed by atoms with E-state index in [0.29, 0.717) is 13.1 Å². The Morgan fingerprint density at radius 1 is 1.21 bits per heavy atom. The molecule has 0 unspecified atom stereocenters. The van der Waals surface area contributed by atoms with Crippen molar-refractivity contribution in [3.05, 3.63) is 59.4 Å². The number of piperidine rings is 1. The Hall–Kier alpha value is -3.35. The van der Waals surface area contributed by atoms with Crippen molar-refractivity contribution in [3.8, 4) is 0 Å². The van der Waals surface area contributed by atoms with Crippen LogP contribution in [0.3, 0.4) is 0 Å². The molecular weight excluding hydrogens is 356 g/mol. The third kappa shape index (κ3) is 2.70. The minimum Gasteiger partial charge on any atom is -0.465 e. The SMILES string of the molecule is O=C1Nc2ccc(Cc3cnn(C4CCN(C(=O)O)CC4)c3)c3cccc1c23. The van der Waals surface area contributed by atoms with Crippen LogP contribution < -0.4 is 5.32 Å². The lowest BCUT2D eigenvalue weighted by Gasteiger charge is -2.30. The second-order valence-corrected chi connectivity index (χ2v) is 7.46. The number of carbonyl (C=O) groups excluding carboxylic acids is 1. The van der Waals surface area contributed by atoms with Gasteiger partial charge in [-0.2, -0.15) is 5.10 Å². The molecule has 0 spiro atoms. The van der Waals surface area contributed by atoms with Crippen LogP contribution in [0.2, 0.25) is 0 Å². The smallest absolute Gasteiger partial charge is 0.407 e. The molecule has 7 heteroatoms. The Morgan fingerprint density at radius 3 is 2.82 bits per heavy atom. The van der Waals surface area contributed by atoms with Gasteiger partial charge in [0.1, 0.15) is 0 Å². The molecule has 2 amide bonds. The van der Waals surface area contributed by atoms with Gasteiger partial charge in [-0.3, -0.25) is 9.48 Å². The topological polar surface area (TPSA) is 87.5 Å². The molecule has 3 heterocycles. The first-order chi connectivity index (χ1) is 13.6. The summed E-state index contributed by atoms with van der Waals surface area (Å²) in [6, 6.07) is 10.1. The van der Waals surface area contributed by atoms with E-state index in [1.54, 1.807) is 0 Å². The lowest BCUT2D eigenvalue weighted by Crippen LogP contribution is -2.38. The van der Waals surface area contributed by atoms with Gasteiger partial charge in [-0.15, -0.1) is 0 Å². The summed E-state index contributed by atoms with van der Waals surface area (Å²) in [5.74, 6) is -0.0433. The molecule has 1 fully saturated rings. The van der Waals surface area contributed by atoms with Crippen molar-refractivity contribution in [2.45, 2.75) is 25.3 Å².